The smallest absolute Gasteiger partial charge is 0.0853 e. The summed E-state index contributed by atoms with van der Waals surface area (Å²) < 4.78 is 3.79. The highest BCUT2D eigenvalue weighted by Crippen LogP contribution is 2.15. The number of nitrogens with zero attached hydrogens (tertiary/aromatic N) is 4. The van der Waals surface area contributed by atoms with Gasteiger partial charge in [0.05, 0.1) is 29.3 Å². The molecule has 0 aromatic carbocycles. The molecule has 0 spiro atoms. The fraction of sp³-hybridized carbons (Fsp3) is 0.538. The van der Waals surface area contributed by atoms with E-state index in [4.69, 9.17) is 0 Å². The van der Waals surface area contributed by atoms with E-state index in [2.05, 4.69) is 35.4 Å². The average Bonchev–Trinajstić information content (AvgIpc) is 2.89. The van der Waals surface area contributed by atoms with Gasteiger partial charge < -0.3 is 5.32 Å². The Kier molecular flexibility index (Phi) is 3.69. The van der Waals surface area contributed by atoms with E-state index in [-0.39, 0.29) is 0 Å². The summed E-state index contributed by atoms with van der Waals surface area (Å²) in [5.74, 6) is 0. The van der Waals surface area contributed by atoms with Gasteiger partial charge in [-0.2, -0.15) is 10.2 Å². The molecule has 18 heavy (non-hydrogen) atoms. The summed E-state index contributed by atoms with van der Waals surface area (Å²) in [4.78, 5) is 0. The van der Waals surface area contributed by atoms with Crippen LogP contribution in [0.1, 0.15) is 30.9 Å². The lowest BCUT2D eigenvalue weighted by atomic mass is 10.2. The molecule has 0 atom stereocenters. The first-order valence-electron chi connectivity index (χ1n) is 6.42. The number of rotatable bonds is 5. The molecule has 0 aliphatic carbocycles. The first-order valence-corrected chi connectivity index (χ1v) is 6.42. The zero-order chi connectivity index (χ0) is 13.1. The van der Waals surface area contributed by atoms with E-state index < -0.39 is 0 Å². The van der Waals surface area contributed by atoms with Crippen LogP contribution in [0, 0.1) is 0 Å². The van der Waals surface area contributed by atoms with Crippen molar-refractivity contribution in [3.05, 3.63) is 29.3 Å². The summed E-state index contributed by atoms with van der Waals surface area (Å²) in [5.41, 5.74) is 4.54. The summed E-state index contributed by atoms with van der Waals surface area (Å²) in [6.45, 7) is 5.02. The van der Waals surface area contributed by atoms with E-state index in [1.54, 1.807) is 0 Å². The standard InChI is InChI=1S/C13H21N5/c1-5-10-7-11(18(4)15-10)8-14-13-9-17(3)16-12(13)6-2/h7,9,14H,5-6,8H2,1-4H3. The molecule has 0 radical (unpaired) electrons. The highest BCUT2D eigenvalue weighted by molar-refractivity contribution is 5.46. The summed E-state index contributed by atoms with van der Waals surface area (Å²) in [5, 5.41) is 12.3. The van der Waals surface area contributed by atoms with Crippen molar-refractivity contribution in [2.45, 2.75) is 33.2 Å². The minimum atomic E-state index is 0.780. The van der Waals surface area contributed by atoms with Crippen LogP contribution >= 0.6 is 0 Å². The molecule has 0 saturated carbocycles. The third kappa shape index (κ3) is 2.55. The Morgan fingerprint density at radius 3 is 2.56 bits per heavy atom. The quantitative estimate of drug-likeness (QED) is 0.877. The Labute approximate surface area is 108 Å². The summed E-state index contributed by atoms with van der Waals surface area (Å²) >= 11 is 0. The van der Waals surface area contributed by atoms with Crippen molar-refractivity contribution in [2.24, 2.45) is 14.1 Å². The van der Waals surface area contributed by atoms with Gasteiger partial charge in [-0.1, -0.05) is 13.8 Å². The van der Waals surface area contributed by atoms with E-state index >= 15 is 0 Å². The van der Waals surface area contributed by atoms with Gasteiger partial charge in [0.1, 0.15) is 0 Å². The van der Waals surface area contributed by atoms with Crippen LogP contribution in [0.2, 0.25) is 0 Å². The monoisotopic (exact) mass is 247 g/mol. The maximum Gasteiger partial charge on any atom is 0.0853 e. The van der Waals surface area contributed by atoms with Crippen molar-refractivity contribution in [1.82, 2.24) is 19.6 Å². The predicted molar refractivity (Wildman–Crippen MR) is 72.5 cm³/mol. The number of nitrogens with one attached hydrogen (secondary N) is 1. The number of hydrogen-bond donors (Lipinski definition) is 1. The van der Waals surface area contributed by atoms with Gasteiger partial charge in [0.15, 0.2) is 0 Å². The van der Waals surface area contributed by atoms with Gasteiger partial charge in [-0.3, -0.25) is 9.36 Å². The van der Waals surface area contributed by atoms with Crippen molar-refractivity contribution in [1.29, 1.82) is 0 Å². The second-order valence-corrected chi connectivity index (χ2v) is 4.47. The molecule has 0 aliphatic heterocycles. The SMILES string of the molecule is CCc1cc(CNc2cn(C)nc2CC)n(C)n1. The van der Waals surface area contributed by atoms with Crippen molar-refractivity contribution < 1.29 is 0 Å². The third-order valence-corrected chi connectivity index (χ3v) is 3.09. The van der Waals surface area contributed by atoms with E-state index in [0.29, 0.717) is 0 Å². The van der Waals surface area contributed by atoms with Crippen LogP contribution in [-0.2, 0) is 33.5 Å². The van der Waals surface area contributed by atoms with Gasteiger partial charge >= 0.3 is 0 Å². The van der Waals surface area contributed by atoms with Gasteiger partial charge in [-0.15, -0.1) is 0 Å². The van der Waals surface area contributed by atoms with Crippen molar-refractivity contribution in [3.8, 4) is 0 Å². The molecule has 2 rings (SSSR count). The molecule has 0 aliphatic rings. The van der Waals surface area contributed by atoms with Gasteiger partial charge in [0.2, 0.25) is 0 Å². The van der Waals surface area contributed by atoms with Crippen LogP contribution in [0.15, 0.2) is 12.3 Å². The number of hydrogen-bond acceptors (Lipinski definition) is 3. The summed E-state index contributed by atoms with van der Waals surface area (Å²) in [6, 6.07) is 2.15. The van der Waals surface area contributed by atoms with Gasteiger partial charge in [0.25, 0.3) is 0 Å². The molecular weight excluding hydrogens is 226 g/mol. The maximum atomic E-state index is 4.45. The molecular formula is C13H21N5. The minimum Gasteiger partial charge on any atom is -0.377 e. The molecule has 5 heteroatoms. The molecule has 0 saturated heterocycles. The molecule has 5 nitrogen and oxygen atoms in total. The first-order chi connectivity index (χ1) is 8.63. The topological polar surface area (TPSA) is 47.7 Å². The van der Waals surface area contributed by atoms with Crippen LogP contribution in [0.4, 0.5) is 5.69 Å². The molecule has 1 N–H and O–H groups in total. The molecule has 98 valence electrons. The van der Waals surface area contributed by atoms with Gasteiger partial charge in [0, 0.05) is 20.3 Å². The minimum absolute atomic E-state index is 0.780. The summed E-state index contributed by atoms with van der Waals surface area (Å²) in [6.07, 6.45) is 3.94. The van der Waals surface area contributed by atoms with E-state index in [1.165, 1.54) is 5.69 Å². The maximum absolute atomic E-state index is 4.45. The fourth-order valence-electron chi connectivity index (χ4n) is 2.04. The highest BCUT2D eigenvalue weighted by atomic mass is 15.3. The van der Waals surface area contributed by atoms with Gasteiger partial charge in [-0.25, -0.2) is 0 Å². The zero-order valence-electron chi connectivity index (χ0n) is 11.6. The molecule has 0 bridgehead atoms. The first kappa shape index (κ1) is 12.7. The van der Waals surface area contributed by atoms with Crippen LogP contribution in [0.25, 0.3) is 0 Å². The van der Waals surface area contributed by atoms with Crippen LogP contribution in [-0.4, -0.2) is 19.6 Å². The number of aromatic nitrogens is 4. The Morgan fingerprint density at radius 1 is 1.17 bits per heavy atom. The van der Waals surface area contributed by atoms with Crippen molar-refractivity contribution in [3.63, 3.8) is 0 Å². The van der Waals surface area contributed by atoms with E-state index in [0.717, 1.165) is 36.5 Å². The Balaban J connectivity index is 2.08. The number of aryl methyl sites for hydroxylation is 4. The molecule has 2 aromatic heterocycles. The second-order valence-electron chi connectivity index (χ2n) is 4.47. The normalized spacial score (nSPS) is 10.9. The second kappa shape index (κ2) is 5.25. The van der Waals surface area contributed by atoms with Crippen LogP contribution in [0.5, 0.6) is 0 Å². The highest BCUT2D eigenvalue weighted by Gasteiger charge is 2.07. The lowest BCUT2D eigenvalue weighted by Crippen LogP contribution is -2.06. The Morgan fingerprint density at radius 2 is 1.94 bits per heavy atom. The van der Waals surface area contributed by atoms with E-state index in [9.17, 15) is 0 Å². The molecule has 0 fully saturated rings. The molecule has 2 heterocycles. The molecule has 0 unspecified atom stereocenters. The Hall–Kier alpha value is -1.78. The predicted octanol–water partition coefficient (Wildman–Crippen LogP) is 1.89. The largest absolute Gasteiger partial charge is 0.377 e. The molecule has 0 amide bonds. The zero-order valence-corrected chi connectivity index (χ0v) is 11.6. The van der Waals surface area contributed by atoms with Gasteiger partial charge in [-0.05, 0) is 18.9 Å². The lowest BCUT2D eigenvalue weighted by Gasteiger charge is -2.05. The third-order valence-electron chi connectivity index (χ3n) is 3.09. The lowest BCUT2D eigenvalue weighted by molar-refractivity contribution is 0.706. The van der Waals surface area contributed by atoms with Crippen LogP contribution < -0.4 is 5.32 Å². The van der Waals surface area contributed by atoms with Crippen molar-refractivity contribution >= 4 is 5.69 Å². The summed E-state index contributed by atoms with van der Waals surface area (Å²) in [7, 11) is 3.93. The fourth-order valence-corrected chi connectivity index (χ4v) is 2.04. The molecule has 2 aromatic rings. The number of anilines is 1. The van der Waals surface area contributed by atoms with Crippen LogP contribution in [0.3, 0.4) is 0 Å². The van der Waals surface area contributed by atoms with E-state index in [1.807, 2.05) is 29.7 Å². The average molecular weight is 247 g/mol. The Bertz CT molecular complexity index is 523. The van der Waals surface area contributed by atoms with Crippen molar-refractivity contribution in [2.75, 3.05) is 5.32 Å².